The van der Waals surface area contributed by atoms with Crippen molar-refractivity contribution in [3.63, 3.8) is 0 Å². The van der Waals surface area contributed by atoms with Crippen LogP contribution in [-0.4, -0.2) is 43.2 Å². The molecule has 0 aliphatic rings. The van der Waals surface area contributed by atoms with Crippen molar-refractivity contribution in [3.05, 3.63) is 24.4 Å². The van der Waals surface area contributed by atoms with E-state index < -0.39 is 0 Å². The molecule has 0 fully saturated rings. The summed E-state index contributed by atoms with van der Waals surface area (Å²) in [6.07, 6.45) is 5.25. The molecule has 0 bridgehead atoms. The Hall–Kier alpha value is -1.83. The number of carbonyl (C=O) groups is 1. The van der Waals surface area contributed by atoms with E-state index in [2.05, 4.69) is 39.6 Å². The van der Waals surface area contributed by atoms with Gasteiger partial charge in [-0.05, 0) is 6.92 Å². The van der Waals surface area contributed by atoms with Crippen LogP contribution in [0.5, 0.6) is 0 Å². The Morgan fingerprint density at radius 2 is 2.29 bits per heavy atom. The first kappa shape index (κ1) is 15.6. The zero-order chi connectivity index (χ0) is 15.2. The molecule has 8 heteroatoms. The van der Waals surface area contributed by atoms with Gasteiger partial charge in [-0.25, -0.2) is 4.98 Å². The van der Waals surface area contributed by atoms with Crippen LogP contribution in [-0.2, 0) is 4.79 Å². The summed E-state index contributed by atoms with van der Waals surface area (Å²) in [4.78, 5) is 16.5. The fraction of sp³-hybridized carbons (Fsp3) is 0.538. The van der Waals surface area contributed by atoms with Crippen molar-refractivity contribution in [2.24, 2.45) is 0 Å². The van der Waals surface area contributed by atoms with Crippen LogP contribution in [0.2, 0.25) is 0 Å². The van der Waals surface area contributed by atoms with Crippen LogP contribution in [0.15, 0.2) is 23.6 Å². The van der Waals surface area contributed by atoms with Gasteiger partial charge < -0.3 is 9.88 Å². The van der Waals surface area contributed by atoms with Gasteiger partial charge in [0.05, 0.1) is 6.20 Å². The van der Waals surface area contributed by atoms with E-state index in [4.69, 9.17) is 0 Å². The molecule has 2 heterocycles. The highest BCUT2D eigenvalue weighted by molar-refractivity contribution is 7.99. The van der Waals surface area contributed by atoms with Crippen LogP contribution in [0.1, 0.15) is 38.6 Å². The Morgan fingerprint density at radius 3 is 2.95 bits per heavy atom. The third-order valence-electron chi connectivity index (χ3n) is 3.06. The number of carbonyl (C=O) groups excluding carboxylic acids is 1. The lowest BCUT2D eigenvalue weighted by atomic mass is 10.2. The molecule has 2 aromatic heterocycles. The molecule has 2 N–H and O–H groups in total. The average Bonchev–Trinajstić information content (AvgIpc) is 3.13. The molecule has 0 aromatic carbocycles. The third kappa shape index (κ3) is 4.07. The van der Waals surface area contributed by atoms with Crippen molar-refractivity contribution < 1.29 is 4.79 Å². The minimum atomic E-state index is -0.262. The lowest BCUT2D eigenvalue weighted by molar-refractivity contribution is -0.123. The van der Waals surface area contributed by atoms with Crippen LogP contribution < -0.4 is 5.32 Å². The Balaban J connectivity index is 1.81. The highest BCUT2D eigenvalue weighted by atomic mass is 32.2. The van der Waals surface area contributed by atoms with Crippen molar-refractivity contribution in [2.45, 2.75) is 37.8 Å². The van der Waals surface area contributed by atoms with E-state index in [9.17, 15) is 4.79 Å². The molecule has 0 radical (unpaired) electrons. The zero-order valence-corrected chi connectivity index (χ0v) is 13.2. The number of nitrogens with one attached hydrogen (secondary N) is 2. The van der Waals surface area contributed by atoms with Gasteiger partial charge in [0, 0.05) is 30.6 Å². The van der Waals surface area contributed by atoms with Crippen LogP contribution in [0.4, 0.5) is 0 Å². The zero-order valence-electron chi connectivity index (χ0n) is 12.4. The molecule has 1 atom stereocenters. The standard InChI is InChI=1S/C13H20N6OS/c1-9(2)12-14-4-6-19(12)10(3)13(20)15-5-7-21-11-8-16-18-17-11/h4,6,8-10H,5,7H2,1-3H3,(H,15,20)(H,16,17,18)/t10-/m0/s1. The summed E-state index contributed by atoms with van der Waals surface area (Å²) in [6, 6.07) is -0.262. The van der Waals surface area contributed by atoms with Gasteiger partial charge in [-0.2, -0.15) is 10.3 Å². The van der Waals surface area contributed by atoms with E-state index in [1.165, 1.54) is 0 Å². The van der Waals surface area contributed by atoms with Crippen molar-refractivity contribution in [1.29, 1.82) is 0 Å². The molecule has 2 aromatic rings. The maximum atomic E-state index is 12.2. The molecular weight excluding hydrogens is 288 g/mol. The molecule has 7 nitrogen and oxygen atoms in total. The summed E-state index contributed by atoms with van der Waals surface area (Å²) < 4.78 is 1.92. The van der Waals surface area contributed by atoms with E-state index >= 15 is 0 Å². The van der Waals surface area contributed by atoms with E-state index in [1.807, 2.05) is 17.7 Å². The molecule has 114 valence electrons. The lowest BCUT2D eigenvalue weighted by Gasteiger charge is -2.17. The van der Waals surface area contributed by atoms with E-state index in [0.717, 1.165) is 16.6 Å². The first-order valence-electron chi connectivity index (χ1n) is 6.88. The summed E-state index contributed by atoms with van der Waals surface area (Å²) >= 11 is 1.55. The molecule has 0 aliphatic heterocycles. The van der Waals surface area contributed by atoms with Gasteiger partial charge in [-0.1, -0.05) is 13.8 Å². The van der Waals surface area contributed by atoms with Crippen LogP contribution in [0, 0.1) is 0 Å². The number of amides is 1. The number of hydrogen-bond acceptors (Lipinski definition) is 5. The monoisotopic (exact) mass is 308 g/mol. The Labute approximate surface area is 127 Å². The molecule has 0 saturated heterocycles. The quantitative estimate of drug-likeness (QED) is 0.599. The van der Waals surface area contributed by atoms with Gasteiger partial charge >= 0.3 is 0 Å². The van der Waals surface area contributed by atoms with Gasteiger partial charge in [-0.3, -0.25) is 4.79 Å². The fourth-order valence-electron chi connectivity index (χ4n) is 1.96. The molecule has 1 amide bonds. The van der Waals surface area contributed by atoms with Gasteiger partial charge in [0.2, 0.25) is 5.91 Å². The molecule has 0 spiro atoms. The maximum absolute atomic E-state index is 12.2. The summed E-state index contributed by atoms with van der Waals surface area (Å²) in [5, 5.41) is 14.0. The van der Waals surface area contributed by atoms with E-state index in [1.54, 1.807) is 24.2 Å². The average molecular weight is 308 g/mol. The van der Waals surface area contributed by atoms with Gasteiger partial charge in [0.1, 0.15) is 16.9 Å². The first-order valence-corrected chi connectivity index (χ1v) is 7.87. The smallest absolute Gasteiger partial charge is 0.242 e. The number of thioether (sulfide) groups is 1. The van der Waals surface area contributed by atoms with Crippen molar-refractivity contribution in [1.82, 2.24) is 30.3 Å². The minimum absolute atomic E-state index is 0.00403. The van der Waals surface area contributed by atoms with Crippen LogP contribution >= 0.6 is 11.8 Å². The SMILES string of the molecule is CC(C)c1nccn1[C@@H](C)C(=O)NCCSc1cn[nH]n1. The van der Waals surface area contributed by atoms with Gasteiger partial charge in [-0.15, -0.1) is 16.9 Å². The van der Waals surface area contributed by atoms with E-state index in [0.29, 0.717) is 6.54 Å². The number of imidazole rings is 1. The first-order chi connectivity index (χ1) is 10.1. The van der Waals surface area contributed by atoms with Crippen LogP contribution in [0.25, 0.3) is 0 Å². The van der Waals surface area contributed by atoms with E-state index in [-0.39, 0.29) is 17.9 Å². The summed E-state index contributed by atoms with van der Waals surface area (Å²) in [5.41, 5.74) is 0. The number of rotatable bonds is 7. The molecular formula is C13H20N6OS. The number of H-pyrrole nitrogens is 1. The lowest BCUT2D eigenvalue weighted by Crippen LogP contribution is -2.33. The molecule has 0 saturated carbocycles. The maximum Gasteiger partial charge on any atom is 0.242 e. The second kappa shape index (κ2) is 7.26. The molecule has 0 aliphatic carbocycles. The number of nitrogens with zero attached hydrogens (tertiary/aromatic N) is 4. The Bertz CT molecular complexity index is 565. The third-order valence-corrected chi connectivity index (χ3v) is 3.96. The topological polar surface area (TPSA) is 88.5 Å². The Kier molecular flexibility index (Phi) is 5.38. The van der Waals surface area contributed by atoms with Gasteiger partial charge in [0.25, 0.3) is 0 Å². The Morgan fingerprint density at radius 1 is 1.48 bits per heavy atom. The fourth-order valence-corrected chi connectivity index (χ4v) is 2.61. The number of hydrogen-bond donors (Lipinski definition) is 2. The molecule has 21 heavy (non-hydrogen) atoms. The van der Waals surface area contributed by atoms with Crippen molar-refractivity contribution >= 4 is 17.7 Å². The highest BCUT2D eigenvalue weighted by Gasteiger charge is 2.18. The normalized spacial score (nSPS) is 12.6. The summed E-state index contributed by atoms with van der Waals surface area (Å²) in [5.74, 6) is 1.97. The summed E-state index contributed by atoms with van der Waals surface area (Å²) in [7, 11) is 0. The molecule has 0 unspecified atom stereocenters. The minimum Gasteiger partial charge on any atom is -0.353 e. The number of aromatic amines is 1. The van der Waals surface area contributed by atoms with Crippen molar-refractivity contribution in [2.75, 3.05) is 12.3 Å². The molecule has 2 rings (SSSR count). The second-order valence-electron chi connectivity index (χ2n) is 4.97. The predicted octanol–water partition coefficient (Wildman–Crippen LogP) is 1.59. The summed E-state index contributed by atoms with van der Waals surface area (Å²) in [6.45, 7) is 6.61. The number of aromatic nitrogens is 5. The largest absolute Gasteiger partial charge is 0.353 e. The van der Waals surface area contributed by atoms with Crippen LogP contribution in [0.3, 0.4) is 0 Å². The van der Waals surface area contributed by atoms with Crippen molar-refractivity contribution in [3.8, 4) is 0 Å². The predicted molar refractivity (Wildman–Crippen MR) is 81.1 cm³/mol. The highest BCUT2D eigenvalue weighted by Crippen LogP contribution is 2.17. The van der Waals surface area contributed by atoms with Gasteiger partial charge in [0.15, 0.2) is 0 Å². The second-order valence-corrected chi connectivity index (χ2v) is 6.09.